The van der Waals surface area contributed by atoms with Crippen LogP contribution in [0.3, 0.4) is 0 Å². The zero-order valence-corrected chi connectivity index (χ0v) is 14.6. The van der Waals surface area contributed by atoms with Gasteiger partial charge in [-0.3, -0.25) is 9.69 Å². The monoisotopic (exact) mass is 339 g/mol. The second kappa shape index (κ2) is 7.90. The van der Waals surface area contributed by atoms with Gasteiger partial charge in [-0.2, -0.15) is 0 Å². The number of amides is 1. The molecule has 1 amide bonds. The average Bonchev–Trinajstić information content (AvgIpc) is 2.72. The van der Waals surface area contributed by atoms with Crippen LogP contribution in [0, 0.1) is 6.92 Å². The summed E-state index contributed by atoms with van der Waals surface area (Å²) in [5, 5.41) is 2.94. The number of carbonyl (C=O) groups excluding carboxylic acids is 1. The van der Waals surface area contributed by atoms with Crippen molar-refractivity contribution in [1.29, 1.82) is 0 Å². The van der Waals surface area contributed by atoms with Crippen LogP contribution in [0.5, 0.6) is 0 Å². The number of hydrogen-bond acceptors (Lipinski definition) is 4. The average molecular weight is 339 g/mol. The molecule has 6 nitrogen and oxygen atoms in total. The predicted molar refractivity (Wildman–Crippen MR) is 90.5 cm³/mol. The van der Waals surface area contributed by atoms with Crippen LogP contribution in [-0.4, -0.2) is 62.5 Å². The summed E-state index contributed by atoms with van der Waals surface area (Å²) in [4.78, 5) is 14.1. The molecule has 1 aliphatic rings. The zero-order chi connectivity index (χ0) is 16.9. The Morgan fingerprint density at radius 2 is 1.91 bits per heavy atom. The lowest BCUT2D eigenvalue weighted by molar-refractivity contribution is -0.122. The fourth-order valence-corrected chi connectivity index (χ4v) is 3.57. The van der Waals surface area contributed by atoms with E-state index in [1.165, 1.54) is 10.6 Å². The molecule has 0 unspecified atom stereocenters. The third kappa shape index (κ3) is 5.60. The topological polar surface area (TPSA) is 69.7 Å². The van der Waals surface area contributed by atoms with Gasteiger partial charge in [0.15, 0.2) is 0 Å². The summed E-state index contributed by atoms with van der Waals surface area (Å²) in [6.45, 7) is 5.16. The molecular formula is C16H25N3O3S. The molecule has 7 heteroatoms. The molecule has 0 saturated carbocycles. The number of benzene rings is 1. The van der Waals surface area contributed by atoms with E-state index in [4.69, 9.17) is 0 Å². The Hall–Kier alpha value is -1.44. The Morgan fingerprint density at radius 3 is 2.61 bits per heavy atom. The van der Waals surface area contributed by atoms with Crippen molar-refractivity contribution in [2.24, 2.45) is 0 Å². The summed E-state index contributed by atoms with van der Waals surface area (Å²) >= 11 is 0. The minimum Gasteiger partial charge on any atom is -0.351 e. The van der Waals surface area contributed by atoms with E-state index >= 15 is 0 Å². The molecule has 1 saturated heterocycles. The Kier molecular flexibility index (Phi) is 6.15. The highest BCUT2D eigenvalue weighted by Crippen LogP contribution is 2.08. The smallest absolute Gasteiger partial charge is 0.234 e. The van der Waals surface area contributed by atoms with Crippen molar-refractivity contribution in [3.05, 3.63) is 35.4 Å². The van der Waals surface area contributed by atoms with E-state index in [1.54, 1.807) is 0 Å². The molecule has 1 heterocycles. The van der Waals surface area contributed by atoms with Gasteiger partial charge in [0, 0.05) is 26.2 Å². The summed E-state index contributed by atoms with van der Waals surface area (Å²) in [5.74, 6) is -0.0268. The van der Waals surface area contributed by atoms with Crippen LogP contribution < -0.4 is 5.32 Å². The number of sulfonamides is 1. The highest BCUT2D eigenvalue weighted by molar-refractivity contribution is 7.88. The molecule has 0 bridgehead atoms. The van der Waals surface area contributed by atoms with Gasteiger partial charge in [-0.25, -0.2) is 12.7 Å². The maximum Gasteiger partial charge on any atom is 0.234 e. The lowest BCUT2D eigenvalue weighted by atomic mass is 10.1. The van der Waals surface area contributed by atoms with Crippen LogP contribution in [0.2, 0.25) is 0 Å². The van der Waals surface area contributed by atoms with Gasteiger partial charge in [-0.05, 0) is 31.0 Å². The molecule has 0 radical (unpaired) electrons. The molecule has 1 aliphatic heterocycles. The summed E-state index contributed by atoms with van der Waals surface area (Å²) in [6, 6.07) is 7.97. The fraction of sp³-hybridized carbons (Fsp3) is 0.562. The van der Waals surface area contributed by atoms with Crippen molar-refractivity contribution < 1.29 is 13.2 Å². The van der Waals surface area contributed by atoms with Crippen LogP contribution in [0.15, 0.2) is 24.3 Å². The highest BCUT2D eigenvalue weighted by atomic mass is 32.2. The minimum atomic E-state index is -3.15. The molecule has 0 spiro atoms. The number of nitrogens with one attached hydrogen (secondary N) is 1. The van der Waals surface area contributed by atoms with Gasteiger partial charge in [-0.1, -0.05) is 24.3 Å². The van der Waals surface area contributed by atoms with Crippen LogP contribution >= 0.6 is 0 Å². The normalized spacial score (nSPS) is 17.7. The van der Waals surface area contributed by atoms with Gasteiger partial charge in [-0.15, -0.1) is 0 Å². The van der Waals surface area contributed by atoms with E-state index < -0.39 is 10.0 Å². The van der Waals surface area contributed by atoms with Gasteiger partial charge in [0.1, 0.15) is 0 Å². The summed E-state index contributed by atoms with van der Waals surface area (Å²) in [5.41, 5.74) is 2.27. The van der Waals surface area contributed by atoms with Crippen molar-refractivity contribution in [2.45, 2.75) is 19.9 Å². The summed E-state index contributed by atoms with van der Waals surface area (Å²) in [6.07, 6.45) is 1.98. The molecule has 0 atom stereocenters. The SMILES string of the molecule is Cc1ccccc1CNC(=O)CN1CCCN(S(C)(=O)=O)CC1. The summed E-state index contributed by atoms with van der Waals surface area (Å²) < 4.78 is 24.7. The molecule has 1 aromatic rings. The van der Waals surface area contributed by atoms with Crippen molar-refractivity contribution >= 4 is 15.9 Å². The number of hydrogen-bond donors (Lipinski definition) is 1. The van der Waals surface area contributed by atoms with E-state index in [9.17, 15) is 13.2 Å². The lowest BCUT2D eigenvalue weighted by Gasteiger charge is -2.20. The Bertz CT molecular complexity index is 646. The first-order valence-corrected chi connectivity index (χ1v) is 9.70. The van der Waals surface area contributed by atoms with E-state index in [2.05, 4.69) is 5.32 Å². The van der Waals surface area contributed by atoms with Gasteiger partial charge in [0.05, 0.1) is 12.8 Å². The van der Waals surface area contributed by atoms with Gasteiger partial charge in [0.25, 0.3) is 0 Å². The van der Waals surface area contributed by atoms with Crippen LogP contribution in [0.1, 0.15) is 17.5 Å². The van der Waals surface area contributed by atoms with E-state index in [0.29, 0.717) is 32.7 Å². The predicted octanol–water partition coefficient (Wildman–Crippen LogP) is 0.579. The van der Waals surface area contributed by atoms with Gasteiger partial charge < -0.3 is 5.32 Å². The van der Waals surface area contributed by atoms with Gasteiger partial charge in [0.2, 0.25) is 15.9 Å². The van der Waals surface area contributed by atoms with Crippen molar-refractivity contribution in [3.8, 4) is 0 Å². The van der Waals surface area contributed by atoms with Crippen LogP contribution in [0.4, 0.5) is 0 Å². The maximum absolute atomic E-state index is 12.1. The molecule has 23 heavy (non-hydrogen) atoms. The quantitative estimate of drug-likeness (QED) is 0.852. The Morgan fingerprint density at radius 1 is 1.17 bits per heavy atom. The number of aryl methyl sites for hydroxylation is 1. The Balaban J connectivity index is 1.80. The third-order valence-electron chi connectivity index (χ3n) is 4.12. The minimum absolute atomic E-state index is 0.0268. The summed E-state index contributed by atoms with van der Waals surface area (Å²) in [7, 11) is -3.15. The number of rotatable bonds is 5. The molecular weight excluding hydrogens is 314 g/mol. The second-order valence-corrected chi connectivity index (χ2v) is 7.98. The van der Waals surface area contributed by atoms with Gasteiger partial charge >= 0.3 is 0 Å². The highest BCUT2D eigenvalue weighted by Gasteiger charge is 2.22. The van der Waals surface area contributed by atoms with E-state index in [1.807, 2.05) is 36.1 Å². The third-order valence-corrected chi connectivity index (χ3v) is 5.42. The van der Waals surface area contributed by atoms with Crippen molar-refractivity contribution in [2.75, 3.05) is 39.0 Å². The van der Waals surface area contributed by atoms with Crippen LogP contribution in [0.25, 0.3) is 0 Å². The lowest BCUT2D eigenvalue weighted by Crippen LogP contribution is -2.39. The molecule has 1 fully saturated rings. The first kappa shape index (κ1) is 17.9. The molecule has 2 rings (SSSR count). The van der Waals surface area contributed by atoms with Crippen molar-refractivity contribution in [1.82, 2.24) is 14.5 Å². The molecule has 0 aromatic heterocycles. The molecule has 128 valence electrons. The first-order chi connectivity index (χ1) is 10.9. The fourth-order valence-electron chi connectivity index (χ4n) is 2.70. The standard InChI is InChI=1S/C16H25N3O3S/c1-14-6-3-4-7-15(14)12-17-16(20)13-18-8-5-9-19(11-10-18)23(2,21)22/h3-4,6-7H,5,8-13H2,1-2H3,(H,17,20). The van der Waals surface area contributed by atoms with Crippen LogP contribution in [-0.2, 0) is 21.4 Å². The second-order valence-electron chi connectivity index (χ2n) is 5.99. The Labute approximate surface area is 138 Å². The first-order valence-electron chi connectivity index (χ1n) is 7.85. The van der Waals surface area contributed by atoms with E-state index in [-0.39, 0.29) is 5.91 Å². The molecule has 1 N–H and O–H groups in total. The molecule has 0 aliphatic carbocycles. The largest absolute Gasteiger partial charge is 0.351 e. The molecule has 1 aromatic carbocycles. The van der Waals surface area contributed by atoms with Crippen molar-refractivity contribution in [3.63, 3.8) is 0 Å². The van der Waals surface area contributed by atoms with E-state index in [0.717, 1.165) is 24.1 Å². The maximum atomic E-state index is 12.1. The number of nitrogens with zero attached hydrogens (tertiary/aromatic N) is 2. The number of carbonyl (C=O) groups is 1. The zero-order valence-electron chi connectivity index (χ0n) is 13.8.